The molecule has 0 spiro atoms. The summed E-state index contributed by atoms with van der Waals surface area (Å²) in [5, 5.41) is 21.5. The van der Waals surface area contributed by atoms with Crippen molar-refractivity contribution in [1.29, 1.82) is 0 Å². The van der Waals surface area contributed by atoms with E-state index in [1.54, 1.807) is 0 Å². The summed E-state index contributed by atoms with van der Waals surface area (Å²) in [4.78, 5) is 28.1. The Morgan fingerprint density at radius 1 is 0.109 bits per heavy atom. The maximum Gasteiger partial charge on any atom is 0.248 e. The fourth-order valence-electron chi connectivity index (χ4n) is 22.9. The Morgan fingerprint density at radius 3 is 0.672 bits per heavy atom. The topological polar surface area (TPSA) is 0 Å². The molecule has 137 heavy (non-hydrogen) atoms. The largest absolute Gasteiger partial charge is 0.248 e. The molecule has 0 saturated heterocycles. The molecule has 0 aliphatic carbocycles. The van der Waals surface area contributed by atoms with E-state index in [0.717, 1.165) is 0 Å². The summed E-state index contributed by atoms with van der Waals surface area (Å²) in [6.45, 7) is 1.59. The van der Waals surface area contributed by atoms with Gasteiger partial charge in [-0.3, -0.25) is 0 Å². The van der Waals surface area contributed by atoms with Crippen LogP contribution >= 0.6 is 118 Å². The average molecular weight is 1910 g/mol. The number of benzene rings is 23. The molecule has 0 unspecified atom stereocenters. The Hall–Kier alpha value is -12.0. The van der Waals surface area contributed by atoms with Crippen LogP contribution in [-0.2, 0) is 0 Å². The summed E-state index contributed by atoms with van der Waals surface area (Å²) in [7, 11) is 0. The van der Waals surface area contributed by atoms with E-state index in [-0.39, 0.29) is 6.71 Å². The first kappa shape index (κ1) is 82.1. The number of fused-ring (bicyclic) bond motifs is 33. The first-order valence-electron chi connectivity index (χ1n) is 46.7. The highest BCUT2D eigenvalue weighted by atomic mass is 32.2. The summed E-state index contributed by atoms with van der Waals surface area (Å²) in [5.41, 5.74) is 22.1. The molecule has 23 aromatic carbocycles. The molecule has 15 heteroatoms. The zero-order valence-electron chi connectivity index (χ0n) is 73.5. The molecule has 0 radical (unpaired) electrons. The third kappa shape index (κ3) is 13.5. The van der Waals surface area contributed by atoms with Gasteiger partial charge in [0.1, 0.15) is 0 Å². The van der Waals surface area contributed by atoms with Crippen LogP contribution in [0, 0.1) is 0 Å². The summed E-state index contributed by atoms with van der Waals surface area (Å²) < 4.78 is 0. The maximum atomic E-state index is 2.43. The van der Waals surface area contributed by atoms with Crippen LogP contribution in [0.1, 0.15) is 0 Å². The second kappa shape index (κ2) is 33.4. The number of rotatable bonds is 0. The SMILES string of the molecule is c1cc2c3c(c1)Sc1c(ccc4ccccc14)B3c1ccc3ccccc3c1S2.c1cc2c3c(c1)Sc1cc4ccccc4cc1B3c1cc3ccccc3cc1S2.c1cc2c3c(c1)Sc1ccc4ccccc4c1B3c1c(ccc3ccccc13)S2.c1cc2c3c(c1)Sc1ccc4ccccc4c1B3c1cc3ccccc3cc1S2.c1ccc2c(c1)Sc1cccc3c1B2c1ccccc1S3. The van der Waals surface area contributed by atoms with Crippen molar-refractivity contribution in [3.63, 3.8) is 0 Å². The summed E-state index contributed by atoms with van der Waals surface area (Å²) in [6.07, 6.45) is 0. The van der Waals surface area contributed by atoms with Gasteiger partial charge in [0.15, 0.2) is 0 Å². The van der Waals surface area contributed by atoms with Crippen molar-refractivity contribution in [3.05, 3.63) is 431 Å². The monoisotopic (exact) mass is 1910 g/mol. The van der Waals surface area contributed by atoms with Gasteiger partial charge in [0.2, 0.25) is 33.6 Å². The zero-order valence-corrected chi connectivity index (χ0v) is 81.6. The van der Waals surface area contributed by atoms with Crippen LogP contribution in [-0.4, -0.2) is 33.6 Å². The molecular formula is C122H71B5S10. The normalized spacial score (nSPS) is 13.9. The van der Waals surface area contributed by atoms with Gasteiger partial charge in [0.05, 0.1) is 0 Å². The molecular weight excluding hydrogens is 1840 g/mol. The quantitative estimate of drug-likeness (QED) is 0.134. The molecule has 23 aromatic rings. The molecule has 0 amide bonds. The van der Waals surface area contributed by atoms with Gasteiger partial charge in [0.25, 0.3) is 0 Å². The van der Waals surface area contributed by atoms with Crippen molar-refractivity contribution >= 4 is 319 Å². The highest BCUT2D eigenvalue weighted by Crippen LogP contribution is 2.48. The summed E-state index contributed by atoms with van der Waals surface area (Å²) in [6, 6.07) is 160. The second-order valence-corrected chi connectivity index (χ2v) is 47.1. The Morgan fingerprint density at radius 2 is 0.321 bits per heavy atom. The van der Waals surface area contributed by atoms with Crippen LogP contribution in [0.15, 0.2) is 529 Å². The fourth-order valence-corrected chi connectivity index (χ4v) is 35.4. The van der Waals surface area contributed by atoms with Crippen LogP contribution in [0.4, 0.5) is 0 Å². The fraction of sp³-hybridized carbons (Fsp3) is 0. The van der Waals surface area contributed by atoms with Gasteiger partial charge in [0, 0.05) is 97.9 Å². The maximum absolute atomic E-state index is 2.43. The van der Waals surface area contributed by atoms with Crippen LogP contribution in [0.3, 0.4) is 0 Å². The molecule has 0 N–H and O–H groups in total. The van der Waals surface area contributed by atoms with Gasteiger partial charge < -0.3 is 0 Å². The highest BCUT2D eigenvalue weighted by molar-refractivity contribution is 8.03. The van der Waals surface area contributed by atoms with Gasteiger partial charge in [-0.05, 0) is 239 Å². The third-order valence-corrected chi connectivity index (χ3v) is 40.6. The highest BCUT2D eigenvalue weighted by Gasteiger charge is 2.45. The Labute approximate surface area is 839 Å². The van der Waals surface area contributed by atoms with Crippen molar-refractivity contribution in [2.24, 2.45) is 0 Å². The van der Waals surface area contributed by atoms with E-state index < -0.39 is 0 Å². The number of hydrogen-bond acceptors (Lipinski definition) is 10. The minimum Gasteiger partial charge on any atom is -0.0911 e. The summed E-state index contributed by atoms with van der Waals surface area (Å²) >= 11 is 19.3. The van der Waals surface area contributed by atoms with Gasteiger partial charge >= 0.3 is 0 Å². The van der Waals surface area contributed by atoms with Crippen LogP contribution in [0.25, 0.3) is 86.2 Å². The molecule has 0 fully saturated rings. The smallest absolute Gasteiger partial charge is 0.0911 e. The number of hydrogen-bond donors (Lipinski definition) is 0. The molecule has 33 rings (SSSR count). The first-order valence-corrected chi connectivity index (χ1v) is 54.8. The van der Waals surface area contributed by atoms with Crippen molar-refractivity contribution in [1.82, 2.24) is 0 Å². The molecule has 0 saturated carbocycles. The predicted octanol–water partition coefficient (Wildman–Crippen LogP) is 24.9. The Balaban J connectivity index is 0.0000000831. The van der Waals surface area contributed by atoms with Gasteiger partial charge in [-0.2, -0.15) is 0 Å². The molecule has 0 bridgehead atoms. The first-order chi connectivity index (χ1) is 67.9. The lowest BCUT2D eigenvalue weighted by atomic mass is 9.35. The molecule has 0 aromatic heterocycles. The van der Waals surface area contributed by atoms with E-state index in [1.807, 2.05) is 118 Å². The summed E-state index contributed by atoms with van der Waals surface area (Å²) in [5.74, 6) is 0. The van der Waals surface area contributed by atoms with Crippen LogP contribution in [0.5, 0.6) is 0 Å². The van der Waals surface area contributed by atoms with E-state index >= 15 is 0 Å². The van der Waals surface area contributed by atoms with Gasteiger partial charge in [-0.25, -0.2) is 0 Å². The van der Waals surface area contributed by atoms with E-state index in [1.165, 1.54) is 266 Å². The second-order valence-electron chi connectivity index (χ2n) is 36.3. The lowest BCUT2D eigenvalue weighted by molar-refractivity contribution is 1.33. The van der Waals surface area contributed by atoms with Crippen molar-refractivity contribution in [3.8, 4) is 0 Å². The van der Waals surface area contributed by atoms with Crippen molar-refractivity contribution in [2.75, 3.05) is 0 Å². The van der Waals surface area contributed by atoms with Crippen LogP contribution < -0.4 is 81.9 Å². The molecule has 0 nitrogen and oxygen atoms in total. The minimum atomic E-state index is 0.283. The van der Waals surface area contributed by atoms with Crippen molar-refractivity contribution in [2.45, 2.75) is 97.9 Å². The molecule has 10 heterocycles. The average Bonchev–Trinajstić information content (AvgIpc) is 0.712. The van der Waals surface area contributed by atoms with E-state index in [9.17, 15) is 0 Å². The Kier molecular flexibility index (Phi) is 20.0. The molecule has 10 aliphatic heterocycles. The van der Waals surface area contributed by atoms with Crippen LogP contribution in [0.2, 0.25) is 0 Å². The van der Waals surface area contributed by atoms with E-state index in [2.05, 4.69) is 431 Å². The lowest BCUT2D eigenvalue weighted by Gasteiger charge is -2.34. The van der Waals surface area contributed by atoms with E-state index in [4.69, 9.17) is 0 Å². The van der Waals surface area contributed by atoms with E-state index in [0.29, 0.717) is 26.9 Å². The van der Waals surface area contributed by atoms with Crippen molar-refractivity contribution < 1.29 is 0 Å². The Bertz CT molecular complexity index is 8720. The van der Waals surface area contributed by atoms with Gasteiger partial charge in [-0.15, -0.1) is 0 Å². The molecule has 10 aliphatic rings. The minimum absolute atomic E-state index is 0.283. The molecule has 634 valence electrons. The third-order valence-electron chi connectivity index (χ3n) is 28.9. The zero-order chi connectivity index (χ0) is 89.6. The predicted molar refractivity (Wildman–Crippen MR) is 601 cm³/mol. The molecule has 0 atom stereocenters. The van der Waals surface area contributed by atoms with Gasteiger partial charge in [-0.1, -0.05) is 477 Å². The standard InChI is InChI=1S/4C26H15BS2.C18H11BS2/c1-3-8-18-14-24-20(12-16(18)6-1)27-21-13-17-7-2-4-9-19(17)15-25(21)29-23-11-5-10-22(28-24)26(23)27;1-3-8-18-16(6-1)12-14-20-25(18)28-22-10-5-11-23-24(22)27(20)21-15-13-17-7-2-4-9-19(17)26(21)29-23;1-3-8-18-16(6-1)12-14-22-24(18)27-25-19-9-4-2-7-17(19)13-15-23(25)29-21-11-5-10-20(28-22)26(21)27;1-2-8-18-15-24-20(14-17(18)7-1)27-25-19-9-4-3-6-16(19)12-13-23(25)28-21-10-5-11-22(29-24)26(21)27;1-3-8-14-12(6-1)19-13-7-2-4-9-15(13)21-17-11-5-10-16(20-14)18(17)19/h4*1-15H;1-11H. The lowest BCUT2D eigenvalue weighted by Crippen LogP contribution is -2.58.